The zero-order valence-electron chi connectivity index (χ0n) is 19.8. The number of aryl methyl sites for hydroxylation is 1. The number of aldehydes is 2. The minimum Gasteiger partial charge on any atom is -0.488 e. The van der Waals surface area contributed by atoms with Crippen LogP contribution < -0.4 is 24.3 Å². The molecule has 0 spiro atoms. The number of allylic oxidation sites excluding steroid dienone is 2. The zero-order valence-corrected chi connectivity index (χ0v) is 19.8. The van der Waals surface area contributed by atoms with Crippen molar-refractivity contribution in [2.24, 2.45) is 0 Å². The lowest BCUT2D eigenvalue weighted by Crippen LogP contribution is -2.15. The van der Waals surface area contributed by atoms with Gasteiger partial charge in [-0.3, -0.25) is 14.6 Å². The maximum absolute atomic E-state index is 11.6. The Hall–Kier alpha value is -4.59. The second-order valence-corrected chi connectivity index (χ2v) is 7.93. The van der Waals surface area contributed by atoms with E-state index in [4.69, 9.17) is 18.9 Å². The molecule has 8 heteroatoms. The maximum Gasteiger partial charge on any atom is 0.163 e. The summed E-state index contributed by atoms with van der Waals surface area (Å²) in [5, 5.41) is 3.13. The van der Waals surface area contributed by atoms with Crippen molar-refractivity contribution in [3.05, 3.63) is 95.5 Å². The van der Waals surface area contributed by atoms with Gasteiger partial charge in [0.25, 0.3) is 0 Å². The zero-order chi connectivity index (χ0) is 25.2. The summed E-state index contributed by atoms with van der Waals surface area (Å²) in [6.45, 7) is 3.21. The summed E-state index contributed by atoms with van der Waals surface area (Å²) < 4.78 is 22.8. The average molecular weight is 487 g/mol. The van der Waals surface area contributed by atoms with E-state index in [1.807, 2.05) is 37.3 Å². The maximum atomic E-state index is 11.6. The molecular weight excluding hydrogens is 460 g/mol. The second-order valence-electron chi connectivity index (χ2n) is 7.93. The number of anilines is 1. The number of aromatic nitrogens is 1. The van der Waals surface area contributed by atoms with Gasteiger partial charge in [0.15, 0.2) is 17.8 Å². The van der Waals surface area contributed by atoms with E-state index < -0.39 is 0 Å². The third-order valence-corrected chi connectivity index (χ3v) is 5.30. The lowest BCUT2D eigenvalue weighted by Gasteiger charge is -2.18. The molecule has 0 unspecified atom stereocenters. The Kier molecular flexibility index (Phi) is 8.32. The first-order valence-corrected chi connectivity index (χ1v) is 11.4. The van der Waals surface area contributed by atoms with Crippen LogP contribution in [0, 0.1) is 6.92 Å². The number of nitrogens with zero attached hydrogens (tertiary/aromatic N) is 1. The number of carbonyl (C=O) groups is 2. The Morgan fingerprint density at radius 3 is 2.69 bits per heavy atom. The summed E-state index contributed by atoms with van der Waals surface area (Å²) in [7, 11) is 0. The number of ether oxygens (including phenoxy) is 4. The van der Waals surface area contributed by atoms with Crippen LogP contribution in [-0.2, 0) is 11.4 Å². The average Bonchev–Trinajstić information content (AvgIpc) is 2.92. The molecule has 36 heavy (non-hydrogen) atoms. The molecule has 0 saturated carbocycles. The van der Waals surface area contributed by atoms with Crippen molar-refractivity contribution >= 4 is 18.3 Å². The van der Waals surface area contributed by atoms with Gasteiger partial charge in [0.05, 0.1) is 5.56 Å². The molecule has 0 aliphatic carbocycles. The Labute approximate surface area is 209 Å². The fourth-order valence-corrected chi connectivity index (χ4v) is 3.44. The van der Waals surface area contributed by atoms with E-state index in [1.54, 1.807) is 42.9 Å². The van der Waals surface area contributed by atoms with E-state index in [1.165, 1.54) is 0 Å². The number of fused-ring (bicyclic) bond motifs is 1. The summed E-state index contributed by atoms with van der Waals surface area (Å²) in [5.74, 6) is 2.33. The van der Waals surface area contributed by atoms with Crippen LogP contribution >= 0.6 is 0 Å². The molecule has 2 aromatic carbocycles. The summed E-state index contributed by atoms with van der Waals surface area (Å²) in [4.78, 5) is 27.1. The van der Waals surface area contributed by atoms with Crippen LogP contribution in [0.25, 0.3) is 0 Å². The standard InChI is InChI=1S/C28H26N2O6/c1-20-12-23(17-32)27(36-18-21-4-2-8-29-15-21)14-26(20)35-19-22(16-31)5-3-9-30-24-6-7-25-28(13-24)34-11-10-33-25/h2-9,12-17,30H,10-11,18-19H2,1H3/b9-3-,22-5+. The van der Waals surface area contributed by atoms with E-state index in [9.17, 15) is 9.59 Å². The van der Waals surface area contributed by atoms with Crippen LogP contribution in [0.5, 0.6) is 23.0 Å². The van der Waals surface area contributed by atoms with E-state index in [-0.39, 0.29) is 13.2 Å². The predicted octanol–water partition coefficient (Wildman–Crippen LogP) is 4.68. The number of hydrogen-bond acceptors (Lipinski definition) is 8. The smallest absolute Gasteiger partial charge is 0.163 e. The third-order valence-electron chi connectivity index (χ3n) is 5.30. The number of benzene rings is 2. The summed E-state index contributed by atoms with van der Waals surface area (Å²) >= 11 is 0. The molecule has 8 nitrogen and oxygen atoms in total. The van der Waals surface area contributed by atoms with Crippen molar-refractivity contribution in [3.63, 3.8) is 0 Å². The molecule has 184 valence electrons. The van der Waals surface area contributed by atoms with Gasteiger partial charge in [-0.15, -0.1) is 0 Å². The minimum atomic E-state index is 0.0567. The van der Waals surface area contributed by atoms with Gasteiger partial charge in [-0.25, -0.2) is 0 Å². The Bertz CT molecular complexity index is 1270. The highest BCUT2D eigenvalue weighted by Gasteiger charge is 2.12. The third kappa shape index (κ3) is 6.50. The molecule has 0 amide bonds. The summed E-state index contributed by atoms with van der Waals surface area (Å²) in [6, 6.07) is 12.6. The summed E-state index contributed by atoms with van der Waals surface area (Å²) in [6.07, 6.45) is 9.95. The number of carbonyl (C=O) groups excluding carboxylic acids is 2. The number of hydrogen-bond donors (Lipinski definition) is 1. The highest BCUT2D eigenvalue weighted by Crippen LogP contribution is 2.32. The van der Waals surface area contributed by atoms with E-state index in [0.717, 1.165) is 35.1 Å². The van der Waals surface area contributed by atoms with Gasteiger partial charge >= 0.3 is 0 Å². The largest absolute Gasteiger partial charge is 0.488 e. The predicted molar refractivity (Wildman–Crippen MR) is 135 cm³/mol. The number of pyridine rings is 1. The van der Waals surface area contributed by atoms with Gasteiger partial charge in [-0.2, -0.15) is 0 Å². The van der Waals surface area contributed by atoms with Crippen LogP contribution in [0.1, 0.15) is 21.5 Å². The molecule has 0 fully saturated rings. The van der Waals surface area contributed by atoms with Crippen LogP contribution in [-0.4, -0.2) is 37.4 Å². The molecule has 1 aromatic heterocycles. The first kappa shape index (κ1) is 24.5. The lowest BCUT2D eigenvalue weighted by atomic mass is 10.1. The SMILES string of the molecule is Cc1cc(C=O)c(OCc2cccnc2)cc1OC/C(C=O)=C/C=C\Nc1ccc2c(c1)OCCO2. The lowest BCUT2D eigenvalue weighted by molar-refractivity contribution is -0.105. The molecule has 1 aliphatic heterocycles. The molecule has 0 radical (unpaired) electrons. The molecule has 3 aromatic rings. The van der Waals surface area contributed by atoms with Crippen molar-refractivity contribution in [1.82, 2.24) is 4.98 Å². The first-order valence-electron chi connectivity index (χ1n) is 11.4. The van der Waals surface area contributed by atoms with Gasteiger partial charge < -0.3 is 24.3 Å². The monoisotopic (exact) mass is 486 g/mol. The molecule has 1 N–H and O–H groups in total. The van der Waals surface area contributed by atoms with Crippen LogP contribution in [0.4, 0.5) is 5.69 Å². The number of nitrogens with one attached hydrogen (secondary N) is 1. The Morgan fingerprint density at radius 1 is 1.06 bits per heavy atom. The minimum absolute atomic E-state index is 0.0567. The van der Waals surface area contributed by atoms with E-state index in [2.05, 4.69) is 10.3 Å². The van der Waals surface area contributed by atoms with Crippen molar-refractivity contribution in [2.45, 2.75) is 13.5 Å². The van der Waals surface area contributed by atoms with Gasteiger partial charge in [0, 0.05) is 47.6 Å². The van der Waals surface area contributed by atoms with Gasteiger partial charge in [0.2, 0.25) is 0 Å². The molecule has 0 bridgehead atoms. The van der Waals surface area contributed by atoms with E-state index >= 15 is 0 Å². The molecule has 0 saturated heterocycles. The van der Waals surface area contributed by atoms with Crippen LogP contribution in [0.15, 0.2) is 78.8 Å². The van der Waals surface area contributed by atoms with Crippen molar-refractivity contribution in [1.29, 1.82) is 0 Å². The highest BCUT2D eigenvalue weighted by molar-refractivity contribution is 5.80. The normalized spacial score (nSPS) is 12.8. The van der Waals surface area contributed by atoms with E-state index in [0.29, 0.717) is 41.6 Å². The fraction of sp³-hybridized carbons (Fsp3) is 0.179. The highest BCUT2D eigenvalue weighted by atomic mass is 16.6. The van der Waals surface area contributed by atoms with Gasteiger partial charge in [-0.05, 0) is 42.8 Å². The first-order chi connectivity index (χ1) is 17.7. The molecule has 2 heterocycles. The Morgan fingerprint density at radius 2 is 1.92 bits per heavy atom. The van der Waals surface area contributed by atoms with Crippen molar-refractivity contribution in [3.8, 4) is 23.0 Å². The van der Waals surface area contributed by atoms with Crippen molar-refractivity contribution < 1.29 is 28.5 Å². The fourth-order valence-electron chi connectivity index (χ4n) is 3.44. The molecule has 1 aliphatic rings. The molecular formula is C28H26N2O6. The van der Waals surface area contributed by atoms with Crippen molar-refractivity contribution in [2.75, 3.05) is 25.1 Å². The summed E-state index contributed by atoms with van der Waals surface area (Å²) in [5.41, 5.74) is 3.32. The van der Waals surface area contributed by atoms with Gasteiger partial charge in [-0.1, -0.05) is 12.1 Å². The second kappa shape index (κ2) is 12.2. The van der Waals surface area contributed by atoms with Crippen LogP contribution in [0.2, 0.25) is 0 Å². The van der Waals surface area contributed by atoms with Gasteiger partial charge in [0.1, 0.15) is 44.2 Å². The quantitative estimate of drug-likeness (QED) is 0.237. The molecule has 0 atom stereocenters. The topological polar surface area (TPSA) is 96.0 Å². The Balaban J connectivity index is 1.36. The van der Waals surface area contributed by atoms with Crippen LogP contribution in [0.3, 0.4) is 0 Å². The molecule has 4 rings (SSSR count). The number of rotatable bonds is 11.